The molecule has 0 spiro atoms. The minimum Gasteiger partial charge on any atom is -0.359 e. The topological polar surface area (TPSA) is 75.4 Å². The maximum Gasteiger partial charge on any atom is 0.227 e. The average molecular weight is 291 g/mol. The molecule has 1 aromatic carbocycles. The molecule has 1 aromatic rings. The summed E-state index contributed by atoms with van der Waals surface area (Å²) < 4.78 is 0. The number of carbonyl (C=O) groups excluding carboxylic acids is 2. The van der Waals surface area contributed by atoms with Gasteiger partial charge in [0.1, 0.15) is 0 Å². The Kier molecular flexibility index (Phi) is 6.88. The van der Waals surface area contributed by atoms with Crippen molar-refractivity contribution in [2.45, 2.75) is 13.3 Å². The number of benzene rings is 1. The molecule has 0 aliphatic carbocycles. The fourth-order valence-corrected chi connectivity index (χ4v) is 2.31. The van der Waals surface area contributed by atoms with Crippen molar-refractivity contribution in [3.63, 3.8) is 0 Å². The Morgan fingerprint density at radius 1 is 1.29 bits per heavy atom. The van der Waals surface area contributed by atoms with E-state index in [1.807, 2.05) is 30.3 Å². The molecule has 21 heavy (non-hydrogen) atoms. The van der Waals surface area contributed by atoms with Gasteiger partial charge in [0.25, 0.3) is 0 Å². The third-order valence-electron chi connectivity index (χ3n) is 3.58. The van der Waals surface area contributed by atoms with E-state index in [4.69, 9.17) is 5.73 Å². The van der Waals surface area contributed by atoms with Crippen LogP contribution in [0.25, 0.3) is 0 Å². The first kappa shape index (κ1) is 17.2. The molecule has 5 heteroatoms. The van der Waals surface area contributed by atoms with Gasteiger partial charge in [-0.25, -0.2) is 0 Å². The molecule has 2 atom stereocenters. The zero-order chi connectivity index (χ0) is 15.8. The molecule has 0 saturated heterocycles. The summed E-state index contributed by atoms with van der Waals surface area (Å²) in [4.78, 5) is 25.6. The Hall–Kier alpha value is -1.88. The molecular formula is C16H25N3O2. The van der Waals surface area contributed by atoms with Gasteiger partial charge in [0.05, 0.1) is 11.8 Å². The lowest BCUT2D eigenvalue weighted by Gasteiger charge is -2.25. The molecule has 2 amide bonds. The van der Waals surface area contributed by atoms with Crippen molar-refractivity contribution >= 4 is 11.8 Å². The molecular weight excluding hydrogens is 266 g/mol. The summed E-state index contributed by atoms with van der Waals surface area (Å²) in [6.07, 6.45) is 0.620. The van der Waals surface area contributed by atoms with Gasteiger partial charge in [-0.15, -0.1) is 0 Å². The molecule has 0 aliphatic heterocycles. The summed E-state index contributed by atoms with van der Waals surface area (Å²) in [6, 6.07) is 9.82. The zero-order valence-corrected chi connectivity index (χ0v) is 13.0. The van der Waals surface area contributed by atoms with Crippen LogP contribution in [-0.2, 0) is 16.0 Å². The predicted octanol–water partition coefficient (Wildman–Crippen LogP) is 0.645. The van der Waals surface area contributed by atoms with Gasteiger partial charge in [0, 0.05) is 27.2 Å². The van der Waals surface area contributed by atoms with Crippen LogP contribution in [0.2, 0.25) is 0 Å². The Balaban J connectivity index is 2.63. The highest BCUT2D eigenvalue weighted by atomic mass is 16.2. The fourth-order valence-electron chi connectivity index (χ4n) is 2.31. The Morgan fingerprint density at radius 2 is 1.90 bits per heavy atom. The molecule has 1 rings (SSSR count). The van der Waals surface area contributed by atoms with Crippen molar-refractivity contribution in [1.29, 1.82) is 0 Å². The molecule has 0 aliphatic rings. The van der Waals surface area contributed by atoms with E-state index in [1.54, 1.807) is 25.9 Å². The molecule has 3 N–H and O–H groups in total. The van der Waals surface area contributed by atoms with Gasteiger partial charge in [-0.1, -0.05) is 37.3 Å². The first-order valence-electron chi connectivity index (χ1n) is 7.20. The van der Waals surface area contributed by atoms with Crippen LogP contribution >= 0.6 is 0 Å². The van der Waals surface area contributed by atoms with Gasteiger partial charge in [0.15, 0.2) is 0 Å². The molecule has 0 saturated carbocycles. The van der Waals surface area contributed by atoms with Crippen LogP contribution in [0.15, 0.2) is 30.3 Å². The van der Waals surface area contributed by atoms with E-state index in [2.05, 4.69) is 5.32 Å². The van der Waals surface area contributed by atoms with E-state index in [1.165, 1.54) is 0 Å². The van der Waals surface area contributed by atoms with E-state index < -0.39 is 0 Å². The van der Waals surface area contributed by atoms with Crippen LogP contribution < -0.4 is 11.1 Å². The lowest BCUT2D eigenvalue weighted by atomic mass is 9.97. The first-order chi connectivity index (χ1) is 9.99. The van der Waals surface area contributed by atoms with E-state index in [9.17, 15) is 9.59 Å². The molecule has 0 fully saturated rings. The molecule has 0 bridgehead atoms. The van der Waals surface area contributed by atoms with Crippen molar-refractivity contribution in [2.75, 3.05) is 27.2 Å². The second kappa shape index (κ2) is 8.42. The van der Waals surface area contributed by atoms with E-state index in [-0.39, 0.29) is 23.7 Å². The number of nitrogens with zero attached hydrogens (tertiary/aromatic N) is 1. The van der Waals surface area contributed by atoms with Gasteiger partial charge in [-0.3, -0.25) is 9.59 Å². The third kappa shape index (κ3) is 5.19. The predicted molar refractivity (Wildman–Crippen MR) is 83.6 cm³/mol. The minimum absolute atomic E-state index is 0.0166. The summed E-state index contributed by atoms with van der Waals surface area (Å²) in [5.74, 6) is -0.576. The monoisotopic (exact) mass is 291 g/mol. The molecule has 0 radical (unpaired) electrons. The fraction of sp³-hybridized carbons (Fsp3) is 0.500. The van der Waals surface area contributed by atoms with Crippen LogP contribution in [0.5, 0.6) is 0 Å². The van der Waals surface area contributed by atoms with Crippen molar-refractivity contribution < 1.29 is 9.59 Å². The summed E-state index contributed by atoms with van der Waals surface area (Å²) in [7, 11) is 3.31. The van der Waals surface area contributed by atoms with Crippen molar-refractivity contribution in [1.82, 2.24) is 10.2 Å². The van der Waals surface area contributed by atoms with Crippen LogP contribution in [0, 0.1) is 11.8 Å². The highest BCUT2D eigenvalue weighted by Gasteiger charge is 2.23. The number of amides is 2. The van der Waals surface area contributed by atoms with Crippen LogP contribution in [0.1, 0.15) is 12.5 Å². The van der Waals surface area contributed by atoms with E-state index in [0.717, 1.165) is 5.56 Å². The lowest BCUT2D eigenvalue weighted by Crippen LogP contribution is -2.42. The summed E-state index contributed by atoms with van der Waals surface area (Å²) in [5.41, 5.74) is 6.84. The van der Waals surface area contributed by atoms with E-state index >= 15 is 0 Å². The number of rotatable bonds is 7. The number of nitrogens with one attached hydrogen (secondary N) is 1. The highest BCUT2D eigenvalue weighted by Crippen LogP contribution is 2.11. The average Bonchev–Trinajstić information content (AvgIpc) is 2.51. The van der Waals surface area contributed by atoms with Gasteiger partial charge in [0.2, 0.25) is 11.8 Å². The van der Waals surface area contributed by atoms with Crippen molar-refractivity contribution in [3.05, 3.63) is 35.9 Å². The quantitative estimate of drug-likeness (QED) is 0.774. The van der Waals surface area contributed by atoms with E-state index in [0.29, 0.717) is 19.5 Å². The number of carbonyl (C=O) groups is 2. The molecule has 5 nitrogen and oxygen atoms in total. The smallest absolute Gasteiger partial charge is 0.227 e. The summed E-state index contributed by atoms with van der Waals surface area (Å²) in [6.45, 7) is 2.49. The number of hydrogen-bond acceptors (Lipinski definition) is 3. The standard InChI is InChI=1S/C16H25N3O2/c1-12(15(20)18-2)11-19(3)16(21)14(10-17)9-13-7-5-4-6-8-13/h4-8,12,14H,9-11,17H2,1-3H3,(H,18,20). The minimum atomic E-state index is -0.255. The zero-order valence-electron chi connectivity index (χ0n) is 13.0. The molecule has 0 aromatic heterocycles. The Labute approximate surface area is 126 Å². The van der Waals surface area contributed by atoms with Crippen molar-refractivity contribution in [2.24, 2.45) is 17.6 Å². The highest BCUT2D eigenvalue weighted by molar-refractivity contribution is 5.81. The van der Waals surface area contributed by atoms with Gasteiger partial charge in [-0.2, -0.15) is 0 Å². The van der Waals surface area contributed by atoms with Crippen LogP contribution in [-0.4, -0.2) is 43.9 Å². The number of hydrogen-bond donors (Lipinski definition) is 2. The molecule has 116 valence electrons. The van der Waals surface area contributed by atoms with Gasteiger partial charge < -0.3 is 16.0 Å². The maximum absolute atomic E-state index is 12.4. The molecule has 2 unspecified atom stereocenters. The van der Waals surface area contributed by atoms with Crippen molar-refractivity contribution in [3.8, 4) is 0 Å². The van der Waals surface area contributed by atoms with Crippen LogP contribution in [0.3, 0.4) is 0 Å². The second-order valence-electron chi connectivity index (χ2n) is 5.36. The third-order valence-corrected chi connectivity index (χ3v) is 3.58. The Bertz CT molecular complexity index is 462. The SMILES string of the molecule is CNC(=O)C(C)CN(C)C(=O)C(CN)Cc1ccccc1. The normalized spacial score (nSPS) is 13.3. The maximum atomic E-state index is 12.4. The largest absolute Gasteiger partial charge is 0.359 e. The lowest BCUT2D eigenvalue weighted by molar-refractivity contribution is -0.135. The molecule has 0 heterocycles. The van der Waals surface area contributed by atoms with Crippen LogP contribution in [0.4, 0.5) is 0 Å². The van der Waals surface area contributed by atoms with Gasteiger partial charge >= 0.3 is 0 Å². The Morgan fingerprint density at radius 3 is 2.43 bits per heavy atom. The first-order valence-corrected chi connectivity index (χ1v) is 7.20. The number of nitrogens with two attached hydrogens (primary N) is 1. The summed E-state index contributed by atoms with van der Waals surface area (Å²) in [5, 5.41) is 2.59. The summed E-state index contributed by atoms with van der Waals surface area (Å²) >= 11 is 0. The van der Waals surface area contributed by atoms with Gasteiger partial charge in [-0.05, 0) is 12.0 Å². The second-order valence-corrected chi connectivity index (χ2v) is 5.36.